The van der Waals surface area contributed by atoms with Crippen molar-refractivity contribution in [2.24, 2.45) is 5.92 Å². The second-order valence-corrected chi connectivity index (χ2v) is 8.13. The number of carbonyl (C=O) groups excluding carboxylic acids is 1. The Hall–Kier alpha value is -1.56. The number of piperazine rings is 1. The highest BCUT2D eigenvalue weighted by Crippen LogP contribution is 2.39. The predicted molar refractivity (Wildman–Crippen MR) is 101 cm³/mol. The second kappa shape index (κ2) is 7.99. The molecular formula is C20H32N4O2. The summed E-state index contributed by atoms with van der Waals surface area (Å²) < 4.78 is 6.03. The number of hydrogen-bond donors (Lipinski definition) is 1. The Morgan fingerprint density at radius 1 is 1.19 bits per heavy atom. The minimum Gasteiger partial charge on any atom is -0.368 e. The molecule has 144 valence electrons. The van der Waals surface area contributed by atoms with Gasteiger partial charge in [-0.25, -0.2) is 0 Å². The average molecular weight is 361 g/mol. The molecule has 0 radical (unpaired) electrons. The number of amides is 1. The number of aromatic nitrogens is 2. The lowest BCUT2D eigenvalue weighted by Gasteiger charge is -2.36. The third kappa shape index (κ3) is 4.05. The topological polar surface area (TPSA) is 61.5 Å². The number of nitrogens with zero attached hydrogens (tertiary/aromatic N) is 3. The molecule has 6 nitrogen and oxygen atoms in total. The summed E-state index contributed by atoms with van der Waals surface area (Å²) in [5.41, 5.74) is 1.27. The first kappa shape index (κ1) is 17.8. The SMILES string of the molecule is CCC1CCCCC1OCC(=O)N1CCN(c2cc(C3CC3)[nH]n2)CC1. The minimum absolute atomic E-state index is 0.144. The van der Waals surface area contributed by atoms with Crippen LogP contribution in [0.1, 0.15) is 63.5 Å². The lowest BCUT2D eigenvalue weighted by atomic mass is 9.85. The number of anilines is 1. The van der Waals surface area contributed by atoms with Gasteiger partial charge in [0.15, 0.2) is 5.82 Å². The Morgan fingerprint density at radius 3 is 2.69 bits per heavy atom. The van der Waals surface area contributed by atoms with Gasteiger partial charge in [0, 0.05) is 43.9 Å². The van der Waals surface area contributed by atoms with E-state index in [1.165, 1.54) is 37.8 Å². The Balaban J connectivity index is 1.22. The van der Waals surface area contributed by atoms with E-state index in [4.69, 9.17) is 4.74 Å². The van der Waals surface area contributed by atoms with Gasteiger partial charge in [0.05, 0.1) is 6.10 Å². The van der Waals surface area contributed by atoms with Crippen molar-refractivity contribution in [1.82, 2.24) is 15.1 Å². The number of carbonyl (C=O) groups is 1. The maximum absolute atomic E-state index is 12.5. The Bertz CT molecular complexity index is 605. The molecule has 0 bridgehead atoms. The second-order valence-electron chi connectivity index (χ2n) is 8.13. The van der Waals surface area contributed by atoms with Crippen LogP contribution in [0.15, 0.2) is 6.07 Å². The molecule has 2 heterocycles. The highest BCUT2D eigenvalue weighted by atomic mass is 16.5. The maximum atomic E-state index is 12.5. The summed E-state index contributed by atoms with van der Waals surface area (Å²) in [6, 6.07) is 2.19. The van der Waals surface area contributed by atoms with E-state index >= 15 is 0 Å². The van der Waals surface area contributed by atoms with Crippen molar-refractivity contribution < 1.29 is 9.53 Å². The molecule has 1 aromatic heterocycles. The van der Waals surface area contributed by atoms with Crippen molar-refractivity contribution in [2.45, 2.75) is 63.9 Å². The Kier molecular flexibility index (Phi) is 5.48. The summed E-state index contributed by atoms with van der Waals surface area (Å²) in [5.74, 6) is 2.51. The maximum Gasteiger partial charge on any atom is 0.248 e. The van der Waals surface area contributed by atoms with Gasteiger partial charge in [0.1, 0.15) is 6.61 Å². The standard InChI is InChI=1S/C20H32N4O2/c1-2-15-5-3-4-6-18(15)26-14-20(25)24-11-9-23(10-12-24)19-13-17(21-22-19)16-7-8-16/h13,15-16,18H,2-12,14H2,1H3,(H,21,22). The first-order valence-corrected chi connectivity index (χ1v) is 10.4. The van der Waals surface area contributed by atoms with Gasteiger partial charge in [0.25, 0.3) is 0 Å². The molecule has 2 unspecified atom stereocenters. The molecule has 1 N–H and O–H groups in total. The van der Waals surface area contributed by atoms with Crippen LogP contribution in [0.3, 0.4) is 0 Å². The molecule has 6 heteroatoms. The van der Waals surface area contributed by atoms with Crippen molar-refractivity contribution in [3.63, 3.8) is 0 Å². The molecule has 1 saturated heterocycles. The zero-order chi connectivity index (χ0) is 17.9. The molecule has 0 spiro atoms. The average Bonchev–Trinajstić information content (AvgIpc) is 3.43. The molecule has 2 atom stereocenters. The Morgan fingerprint density at radius 2 is 1.96 bits per heavy atom. The molecule has 1 aliphatic heterocycles. The molecule has 1 amide bonds. The summed E-state index contributed by atoms with van der Waals surface area (Å²) in [6.45, 7) is 5.70. The molecular weight excluding hydrogens is 328 g/mol. The molecule has 2 aliphatic carbocycles. The summed E-state index contributed by atoms with van der Waals surface area (Å²) in [7, 11) is 0. The van der Waals surface area contributed by atoms with Crippen LogP contribution in [0.25, 0.3) is 0 Å². The molecule has 26 heavy (non-hydrogen) atoms. The van der Waals surface area contributed by atoms with Gasteiger partial charge in [-0.3, -0.25) is 9.89 Å². The van der Waals surface area contributed by atoms with Crippen LogP contribution >= 0.6 is 0 Å². The number of nitrogens with one attached hydrogen (secondary N) is 1. The lowest BCUT2D eigenvalue weighted by Crippen LogP contribution is -2.50. The van der Waals surface area contributed by atoms with Crippen molar-refractivity contribution in [3.8, 4) is 0 Å². The van der Waals surface area contributed by atoms with Crippen LogP contribution in [-0.4, -0.2) is 59.9 Å². The molecule has 2 saturated carbocycles. The minimum atomic E-state index is 0.144. The number of hydrogen-bond acceptors (Lipinski definition) is 4. The van der Waals surface area contributed by atoms with Gasteiger partial charge >= 0.3 is 0 Å². The fraction of sp³-hybridized carbons (Fsp3) is 0.800. The van der Waals surface area contributed by atoms with Crippen molar-refractivity contribution in [1.29, 1.82) is 0 Å². The van der Waals surface area contributed by atoms with Gasteiger partial charge in [-0.15, -0.1) is 0 Å². The van der Waals surface area contributed by atoms with Crippen LogP contribution in [0.4, 0.5) is 5.82 Å². The van der Waals surface area contributed by atoms with E-state index in [1.54, 1.807) is 0 Å². The van der Waals surface area contributed by atoms with Crippen LogP contribution < -0.4 is 4.90 Å². The smallest absolute Gasteiger partial charge is 0.248 e. The van der Waals surface area contributed by atoms with E-state index in [0.717, 1.165) is 44.8 Å². The zero-order valence-corrected chi connectivity index (χ0v) is 16.0. The van der Waals surface area contributed by atoms with Crippen molar-refractivity contribution in [2.75, 3.05) is 37.7 Å². The quantitative estimate of drug-likeness (QED) is 0.847. The van der Waals surface area contributed by atoms with E-state index in [0.29, 0.717) is 11.8 Å². The van der Waals surface area contributed by atoms with E-state index < -0.39 is 0 Å². The fourth-order valence-electron chi connectivity index (χ4n) is 4.41. The Labute approximate surface area is 156 Å². The number of H-pyrrole nitrogens is 1. The number of ether oxygens (including phenoxy) is 1. The van der Waals surface area contributed by atoms with Crippen molar-refractivity contribution >= 4 is 11.7 Å². The van der Waals surface area contributed by atoms with Gasteiger partial charge in [-0.05, 0) is 31.6 Å². The first-order valence-electron chi connectivity index (χ1n) is 10.4. The molecule has 1 aromatic rings. The summed E-state index contributed by atoms with van der Waals surface area (Å²) >= 11 is 0. The molecule has 0 aromatic carbocycles. The predicted octanol–water partition coefficient (Wildman–Crippen LogP) is 2.92. The number of rotatable bonds is 6. The van der Waals surface area contributed by atoms with Crippen LogP contribution in [0.5, 0.6) is 0 Å². The lowest BCUT2D eigenvalue weighted by molar-refractivity contribution is -0.140. The van der Waals surface area contributed by atoms with Crippen molar-refractivity contribution in [3.05, 3.63) is 11.8 Å². The molecule has 3 aliphatic rings. The summed E-state index contributed by atoms with van der Waals surface area (Å²) in [5, 5.41) is 7.63. The van der Waals surface area contributed by atoms with E-state index in [-0.39, 0.29) is 18.6 Å². The molecule has 3 fully saturated rings. The van der Waals surface area contributed by atoms with Crippen LogP contribution in [0, 0.1) is 5.92 Å². The third-order valence-electron chi connectivity index (χ3n) is 6.34. The van der Waals surface area contributed by atoms with Gasteiger partial charge in [-0.1, -0.05) is 26.2 Å². The molecule has 4 rings (SSSR count). The van der Waals surface area contributed by atoms with E-state index in [9.17, 15) is 4.79 Å². The van der Waals surface area contributed by atoms with Crippen LogP contribution in [0.2, 0.25) is 0 Å². The highest BCUT2D eigenvalue weighted by molar-refractivity contribution is 5.77. The largest absolute Gasteiger partial charge is 0.368 e. The zero-order valence-electron chi connectivity index (χ0n) is 16.0. The van der Waals surface area contributed by atoms with Crippen LogP contribution in [-0.2, 0) is 9.53 Å². The number of aromatic amines is 1. The van der Waals surface area contributed by atoms with E-state index in [1.807, 2.05) is 4.90 Å². The summed E-state index contributed by atoms with van der Waals surface area (Å²) in [4.78, 5) is 16.8. The van der Waals surface area contributed by atoms with E-state index in [2.05, 4.69) is 28.1 Å². The fourth-order valence-corrected chi connectivity index (χ4v) is 4.41. The summed E-state index contributed by atoms with van der Waals surface area (Å²) in [6.07, 6.45) is 8.91. The normalized spacial score (nSPS) is 27.0. The third-order valence-corrected chi connectivity index (χ3v) is 6.34. The van der Waals surface area contributed by atoms with Gasteiger partial charge in [0.2, 0.25) is 5.91 Å². The highest BCUT2D eigenvalue weighted by Gasteiger charge is 2.29. The van der Waals surface area contributed by atoms with Gasteiger partial charge < -0.3 is 14.5 Å². The monoisotopic (exact) mass is 360 g/mol. The first-order chi connectivity index (χ1) is 12.7. The van der Waals surface area contributed by atoms with Gasteiger partial charge in [-0.2, -0.15) is 5.10 Å².